The van der Waals surface area contributed by atoms with E-state index in [1.807, 2.05) is 0 Å². The summed E-state index contributed by atoms with van der Waals surface area (Å²) in [6.45, 7) is 5.49. The van der Waals surface area contributed by atoms with E-state index in [2.05, 4.69) is 13.8 Å². The van der Waals surface area contributed by atoms with E-state index in [-0.39, 0.29) is 11.3 Å². The van der Waals surface area contributed by atoms with Crippen LogP contribution >= 0.6 is 0 Å². The molecular weight excluding hydrogens is 262 g/mol. The van der Waals surface area contributed by atoms with Crippen molar-refractivity contribution < 1.29 is 13.6 Å². The second-order valence-electron chi connectivity index (χ2n) is 5.73. The SMILES string of the molecule is CC(C)C1CCN(C(=O)c2cc(F)cc(N)c2F)CC1. The maximum atomic E-state index is 13.9. The fourth-order valence-electron chi connectivity index (χ4n) is 2.71. The van der Waals surface area contributed by atoms with Gasteiger partial charge < -0.3 is 10.6 Å². The highest BCUT2D eigenvalue weighted by atomic mass is 19.1. The number of carbonyl (C=O) groups excluding carboxylic acids is 1. The van der Waals surface area contributed by atoms with Crippen molar-refractivity contribution in [2.45, 2.75) is 26.7 Å². The summed E-state index contributed by atoms with van der Waals surface area (Å²) in [6, 6.07) is 1.81. The van der Waals surface area contributed by atoms with Gasteiger partial charge in [-0.05, 0) is 36.8 Å². The minimum Gasteiger partial charge on any atom is -0.396 e. The van der Waals surface area contributed by atoms with Crippen molar-refractivity contribution in [2.24, 2.45) is 11.8 Å². The predicted molar refractivity (Wildman–Crippen MR) is 74.2 cm³/mol. The number of amides is 1. The van der Waals surface area contributed by atoms with Crippen molar-refractivity contribution in [3.63, 3.8) is 0 Å². The van der Waals surface area contributed by atoms with Crippen LogP contribution < -0.4 is 5.73 Å². The Labute approximate surface area is 117 Å². The van der Waals surface area contributed by atoms with Gasteiger partial charge in [0, 0.05) is 13.1 Å². The molecule has 0 atom stereocenters. The Kier molecular flexibility index (Phi) is 4.26. The van der Waals surface area contributed by atoms with Crippen molar-refractivity contribution in [3.05, 3.63) is 29.3 Å². The summed E-state index contributed by atoms with van der Waals surface area (Å²) in [6.07, 6.45) is 1.80. The highest BCUT2D eigenvalue weighted by molar-refractivity contribution is 5.95. The van der Waals surface area contributed by atoms with Gasteiger partial charge in [-0.3, -0.25) is 4.79 Å². The molecule has 1 aromatic carbocycles. The van der Waals surface area contributed by atoms with Crippen LogP contribution in [0.3, 0.4) is 0 Å². The average molecular weight is 282 g/mol. The minimum absolute atomic E-state index is 0.273. The average Bonchev–Trinajstić information content (AvgIpc) is 2.42. The zero-order valence-corrected chi connectivity index (χ0v) is 11.8. The molecule has 1 saturated heterocycles. The molecular formula is C15H20F2N2O. The van der Waals surface area contributed by atoms with E-state index in [1.165, 1.54) is 0 Å². The lowest BCUT2D eigenvalue weighted by molar-refractivity contribution is 0.0662. The molecule has 1 heterocycles. The van der Waals surface area contributed by atoms with E-state index in [4.69, 9.17) is 5.73 Å². The largest absolute Gasteiger partial charge is 0.396 e. The van der Waals surface area contributed by atoms with Crippen LogP contribution in [-0.2, 0) is 0 Å². The monoisotopic (exact) mass is 282 g/mol. The van der Waals surface area contributed by atoms with Crippen LogP contribution in [0.5, 0.6) is 0 Å². The van der Waals surface area contributed by atoms with Crippen LogP contribution in [0.1, 0.15) is 37.0 Å². The molecule has 2 rings (SSSR count). The molecule has 0 spiro atoms. The number of nitrogens with two attached hydrogens (primary N) is 1. The first-order valence-corrected chi connectivity index (χ1v) is 6.94. The molecule has 20 heavy (non-hydrogen) atoms. The Morgan fingerprint density at radius 3 is 2.45 bits per heavy atom. The van der Waals surface area contributed by atoms with Crippen LogP contribution in [0.4, 0.5) is 14.5 Å². The Bertz CT molecular complexity index is 509. The second-order valence-corrected chi connectivity index (χ2v) is 5.73. The van der Waals surface area contributed by atoms with Crippen LogP contribution in [0, 0.1) is 23.5 Å². The van der Waals surface area contributed by atoms with Crippen molar-refractivity contribution in [1.82, 2.24) is 4.90 Å². The maximum Gasteiger partial charge on any atom is 0.257 e. The normalized spacial score (nSPS) is 16.8. The predicted octanol–water partition coefficient (Wildman–Crippen LogP) is 3.06. The summed E-state index contributed by atoms with van der Waals surface area (Å²) < 4.78 is 27.1. The van der Waals surface area contributed by atoms with E-state index in [9.17, 15) is 13.6 Å². The van der Waals surface area contributed by atoms with Crippen molar-refractivity contribution in [2.75, 3.05) is 18.8 Å². The standard InChI is InChI=1S/C15H20F2N2O/c1-9(2)10-3-5-19(6-4-10)15(20)12-7-11(16)8-13(18)14(12)17/h7-10H,3-6,18H2,1-2H3. The molecule has 0 bridgehead atoms. The summed E-state index contributed by atoms with van der Waals surface area (Å²) >= 11 is 0. The molecule has 1 aliphatic heterocycles. The Morgan fingerprint density at radius 1 is 1.30 bits per heavy atom. The van der Waals surface area contributed by atoms with E-state index in [0.29, 0.717) is 24.9 Å². The van der Waals surface area contributed by atoms with Gasteiger partial charge in [-0.25, -0.2) is 8.78 Å². The highest BCUT2D eigenvalue weighted by Gasteiger charge is 2.27. The number of benzene rings is 1. The first-order valence-electron chi connectivity index (χ1n) is 6.94. The number of likely N-dealkylation sites (tertiary alicyclic amines) is 1. The van der Waals surface area contributed by atoms with E-state index >= 15 is 0 Å². The summed E-state index contributed by atoms with van der Waals surface area (Å²) in [5, 5.41) is 0. The summed E-state index contributed by atoms with van der Waals surface area (Å²) in [4.78, 5) is 13.8. The van der Waals surface area contributed by atoms with Gasteiger partial charge in [0.25, 0.3) is 5.91 Å². The zero-order chi connectivity index (χ0) is 14.9. The van der Waals surface area contributed by atoms with Gasteiger partial charge in [0.05, 0.1) is 11.3 Å². The molecule has 3 nitrogen and oxygen atoms in total. The van der Waals surface area contributed by atoms with Gasteiger partial charge in [0.15, 0.2) is 5.82 Å². The Hall–Kier alpha value is -1.65. The van der Waals surface area contributed by atoms with Gasteiger partial charge in [-0.1, -0.05) is 13.8 Å². The topological polar surface area (TPSA) is 46.3 Å². The van der Waals surface area contributed by atoms with Crippen LogP contribution in [0.2, 0.25) is 0 Å². The second kappa shape index (κ2) is 5.77. The third-order valence-corrected chi connectivity index (χ3v) is 4.07. The number of carbonyl (C=O) groups is 1. The molecule has 0 radical (unpaired) electrons. The number of rotatable bonds is 2. The van der Waals surface area contributed by atoms with E-state index in [0.717, 1.165) is 25.0 Å². The molecule has 0 aromatic heterocycles. The molecule has 5 heteroatoms. The number of hydrogen-bond donors (Lipinski definition) is 1. The van der Waals surface area contributed by atoms with Crippen LogP contribution in [-0.4, -0.2) is 23.9 Å². The molecule has 0 aliphatic carbocycles. The van der Waals surface area contributed by atoms with Crippen molar-refractivity contribution in [3.8, 4) is 0 Å². The molecule has 110 valence electrons. The third kappa shape index (κ3) is 2.92. The zero-order valence-electron chi connectivity index (χ0n) is 11.8. The molecule has 1 aromatic rings. The summed E-state index contributed by atoms with van der Waals surface area (Å²) in [5.74, 6) is -0.835. The number of nitrogens with zero attached hydrogens (tertiary/aromatic N) is 1. The lowest BCUT2D eigenvalue weighted by atomic mass is 9.86. The number of anilines is 1. The minimum atomic E-state index is -0.831. The maximum absolute atomic E-state index is 13.9. The summed E-state index contributed by atoms with van der Waals surface area (Å²) in [5.41, 5.74) is 4.76. The molecule has 0 saturated carbocycles. The van der Waals surface area contributed by atoms with Gasteiger partial charge in [-0.2, -0.15) is 0 Å². The molecule has 1 aliphatic rings. The smallest absolute Gasteiger partial charge is 0.257 e. The Morgan fingerprint density at radius 2 is 1.90 bits per heavy atom. The number of halogens is 2. The highest BCUT2D eigenvalue weighted by Crippen LogP contribution is 2.26. The molecule has 0 unspecified atom stereocenters. The fraction of sp³-hybridized carbons (Fsp3) is 0.533. The number of hydrogen-bond acceptors (Lipinski definition) is 2. The fourth-order valence-corrected chi connectivity index (χ4v) is 2.71. The van der Waals surface area contributed by atoms with Gasteiger partial charge in [0.2, 0.25) is 0 Å². The van der Waals surface area contributed by atoms with E-state index < -0.39 is 17.5 Å². The van der Waals surface area contributed by atoms with Gasteiger partial charge in [-0.15, -0.1) is 0 Å². The third-order valence-electron chi connectivity index (χ3n) is 4.07. The lowest BCUT2D eigenvalue weighted by Gasteiger charge is -2.34. The van der Waals surface area contributed by atoms with Crippen LogP contribution in [0.25, 0.3) is 0 Å². The number of nitrogen functional groups attached to an aromatic ring is 1. The van der Waals surface area contributed by atoms with E-state index in [1.54, 1.807) is 4.90 Å². The molecule has 1 fully saturated rings. The number of piperidine rings is 1. The quantitative estimate of drug-likeness (QED) is 0.847. The lowest BCUT2D eigenvalue weighted by Crippen LogP contribution is -2.40. The van der Waals surface area contributed by atoms with Crippen LogP contribution in [0.15, 0.2) is 12.1 Å². The van der Waals surface area contributed by atoms with Crippen molar-refractivity contribution >= 4 is 11.6 Å². The van der Waals surface area contributed by atoms with Gasteiger partial charge >= 0.3 is 0 Å². The Balaban J connectivity index is 2.13. The summed E-state index contributed by atoms with van der Waals surface area (Å²) in [7, 11) is 0. The molecule has 2 N–H and O–H groups in total. The molecule has 1 amide bonds. The van der Waals surface area contributed by atoms with Crippen molar-refractivity contribution in [1.29, 1.82) is 0 Å². The first kappa shape index (κ1) is 14.8. The van der Waals surface area contributed by atoms with Gasteiger partial charge in [0.1, 0.15) is 5.82 Å². The first-order chi connectivity index (χ1) is 9.40.